The van der Waals surface area contributed by atoms with Crippen LogP contribution < -0.4 is 0 Å². The number of carbonyl (C=O) groups excluding carboxylic acids is 1. The number of aromatic nitrogens is 1. The van der Waals surface area contributed by atoms with Gasteiger partial charge in [-0.25, -0.2) is 0 Å². The number of benzene rings is 1. The molecule has 6 heteroatoms. The van der Waals surface area contributed by atoms with Gasteiger partial charge in [-0.15, -0.1) is 0 Å². The van der Waals surface area contributed by atoms with Crippen molar-refractivity contribution in [1.29, 1.82) is 0 Å². The Balaban J connectivity index is 1.54. The Morgan fingerprint density at radius 1 is 1.21 bits per heavy atom. The van der Waals surface area contributed by atoms with Crippen LogP contribution >= 0.6 is 0 Å². The van der Waals surface area contributed by atoms with Gasteiger partial charge in [0, 0.05) is 44.9 Å². The van der Waals surface area contributed by atoms with E-state index in [2.05, 4.69) is 41.2 Å². The smallest absolute Gasteiger partial charge is 0.248 e. The fourth-order valence-electron chi connectivity index (χ4n) is 2.84. The zero-order valence-corrected chi connectivity index (χ0v) is 14.2. The molecule has 6 nitrogen and oxygen atoms in total. The highest BCUT2D eigenvalue weighted by molar-refractivity contribution is 5.77. The number of ether oxygens (including phenoxy) is 1. The van der Waals surface area contributed by atoms with Gasteiger partial charge < -0.3 is 14.2 Å². The van der Waals surface area contributed by atoms with Gasteiger partial charge in [0.25, 0.3) is 0 Å². The molecule has 1 aromatic carbocycles. The maximum Gasteiger partial charge on any atom is 0.248 e. The Morgan fingerprint density at radius 2 is 1.92 bits per heavy atom. The van der Waals surface area contributed by atoms with E-state index in [1.807, 2.05) is 11.0 Å². The average molecular weight is 329 g/mol. The van der Waals surface area contributed by atoms with Crippen molar-refractivity contribution in [1.82, 2.24) is 15.0 Å². The van der Waals surface area contributed by atoms with E-state index < -0.39 is 0 Å². The molecule has 1 aliphatic rings. The first-order valence-corrected chi connectivity index (χ1v) is 8.17. The Bertz CT molecular complexity index is 673. The highest BCUT2D eigenvalue weighted by Crippen LogP contribution is 2.20. The zero-order valence-electron chi connectivity index (χ0n) is 14.2. The molecule has 0 saturated carbocycles. The number of aryl methyl sites for hydroxylation is 1. The predicted octanol–water partition coefficient (Wildman–Crippen LogP) is 1.94. The first-order valence-electron chi connectivity index (χ1n) is 8.17. The molecule has 1 fully saturated rings. The molecule has 0 unspecified atom stereocenters. The highest BCUT2D eigenvalue weighted by atomic mass is 16.5. The lowest BCUT2D eigenvalue weighted by Gasteiger charge is -2.34. The summed E-state index contributed by atoms with van der Waals surface area (Å²) in [7, 11) is 1.55. The van der Waals surface area contributed by atoms with Gasteiger partial charge in [0.2, 0.25) is 5.91 Å². The summed E-state index contributed by atoms with van der Waals surface area (Å²) in [6, 6.07) is 10.2. The van der Waals surface area contributed by atoms with Crippen molar-refractivity contribution >= 4 is 5.91 Å². The number of carbonyl (C=O) groups is 1. The van der Waals surface area contributed by atoms with E-state index in [0.717, 1.165) is 43.2 Å². The van der Waals surface area contributed by atoms with Crippen LogP contribution in [0, 0.1) is 6.92 Å². The number of hydrogen-bond acceptors (Lipinski definition) is 5. The maximum absolute atomic E-state index is 11.8. The third-order valence-corrected chi connectivity index (χ3v) is 4.28. The first kappa shape index (κ1) is 16.7. The molecule has 1 aromatic heterocycles. The molecule has 1 saturated heterocycles. The van der Waals surface area contributed by atoms with Gasteiger partial charge in [0.1, 0.15) is 12.3 Å². The molecule has 128 valence electrons. The van der Waals surface area contributed by atoms with Crippen LogP contribution in [0.4, 0.5) is 0 Å². The summed E-state index contributed by atoms with van der Waals surface area (Å²) in [5.74, 6) is 0.903. The van der Waals surface area contributed by atoms with Crippen LogP contribution in [0.15, 0.2) is 34.9 Å². The first-order chi connectivity index (χ1) is 11.7. The number of hydrogen-bond donors (Lipinski definition) is 0. The van der Waals surface area contributed by atoms with Gasteiger partial charge in [-0.1, -0.05) is 35.0 Å². The molecule has 1 aliphatic heterocycles. The van der Waals surface area contributed by atoms with Gasteiger partial charge in [-0.05, 0) is 6.92 Å². The van der Waals surface area contributed by atoms with Gasteiger partial charge in [0.15, 0.2) is 5.76 Å². The van der Waals surface area contributed by atoms with Crippen LogP contribution in [0.2, 0.25) is 0 Å². The molecule has 1 amide bonds. The second-order valence-electron chi connectivity index (χ2n) is 6.13. The molecule has 0 atom stereocenters. The van der Waals surface area contributed by atoms with Crippen LogP contribution in [0.3, 0.4) is 0 Å². The average Bonchev–Trinajstić information content (AvgIpc) is 3.05. The number of methoxy groups -OCH3 is 1. The topological polar surface area (TPSA) is 58.8 Å². The van der Waals surface area contributed by atoms with E-state index >= 15 is 0 Å². The van der Waals surface area contributed by atoms with Crippen molar-refractivity contribution in [2.45, 2.75) is 13.5 Å². The molecule has 0 aliphatic carbocycles. The number of nitrogens with zero attached hydrogens (tertiary/aromatic N) is 3. The van der Waals surface area contributed by atoms with Crippen molar-refractivity contribution < 1.29 is 14.1 Å². The van der Waals surface area contributed by atoms with Crippen LogP contribution in [0.1, 0.15) is 11.3 Å². The Morgan fingerprint density at radius 3 is 2.58 bits per heavy atom. The second kappa shape index (κ2) is 7.59. The van der Waals surface area contributed by atoms with Crippen molar-refractivity contribution in [3.8, 4) is 11.3 Å². The van der Waals surface area contributed by atoms with E-state index in [1.165, 1.54) is 5.56 Å². The third kappa shape index (κ3) is 4.01. The van der Waals surface area contributed by atoms with Crippen LogP contribution in [-0.4, -0.2) is 60.8 Å². The summed E-state index contributed by atoms with van der Waals surface area (Å²) in [4.78, 5) is 15.9. The number of rotatable bonds is 5. The molecular weight excluding hydrogens is 306 g/mol. The van der Waals surface area contributed by atoms with Crippen molar-refractivity contribution in [3.05, 3.63) is 41.7 Å². The largest absolute Gasteiger partial charge is 0.375 e. The van der Waals surface area contributed by atoms with E-state index in [1.54, 1.807) is 7.11 Å². The molecule has 24 heavy (non-hydrogen) atoms. The zero-order chi connectivity index (χ0) is 16.9. The molecule has 3 rings (SSSR count). The summed E-state index contributed by atoms with van der Waals surface area (Å²) < 4.78 is 10.4. The Labute approximate surface area is 142 Å². The molecule has 2 aromatic rings. The minimum absolute atomic E-state index is 0.0541. The third-order valence-electron chi connectivity index (χ3n) is 4.28. The highest BCUT2D eigenvalue weighted by Gasteiger charge is 2.21. The molecular formula is C18H23N3O3. The standard InChI is InChI=1S/C18H23N3O3/c1-14-3-5-15(6-4-14)17-11-16(24-19-17)12-20-7-9-21(10-8-20)18(22)13-23-2/h3-6,11H,7-10,12-13H2,1-2H3. The number of amides is 1. The Hall–Kier alpha value is -2.18. The van der Waals surface area contributed by atoms with E-state index in [9.17, 15) is 4.79 Å². The minimum atomic E-state index is 0.0541. The van der Waals surface area contributed by atoms with E-state index in [4.69, 9.17) is 9.26 Å². The molecule has 2 heterocycles. The summed E-state index contributed by atoms with van der Waals surface area (Å²) in [5.41, 5.74) is 3.15. The maximum atomic E-state index is 11.8. The fourth-order valence-corrected chi connectivity index (χ4v) is 2.84. The van der Waals surface area contributed by atoms with Crippen LogP contribution in [0.25, 0.3) is 11.3 Å². The predicted molar refractivity (Wildman–Crippen MR) is 90.4 cm³/mol. The lowest BCUT2D eigenvalue weighted by molar-refractivity contribution is -0.137. The molecule has 0 spiro atoms. The minimum Gasteiger partial charge on any atom is -0.375 e. The van der Waals surface area contributed by atoms with Gasteiger partial charge in [-0.3, -0.25) is 9.69 Å². The lowest BCUT2D eigenvalue weighted by Crippen LogP contribution is -2.49. The van der Waals surface area contributed by atoms with Gasteiger partial charge >= 0.3 is 0 Å². The fraction of sp³-hybridized carbons (Fsp3) is 0.444. The number of piperazine rings is 1. The van der Waals surface area contributed by atoms with E-state index in [0.29, 0.717) is 6.54 Å². The van der Waals surface area contributed by atoms with Gasteiger partial charge in [0.05, 0.1) is 6.54 Å². The van der Waals surface area contributed by atoms with Crippen molar-refractivity contribution in [2.75, 3.05) is 39.9 Å². The monoisotopic (exact) mass is 329 g/mol. The quantitative estimate of drug-likeness (QED) is 0.839. The second-order valence-corrected chi connectivity index (χ2v) is 6.13. The summed E-state index contributed by atoms with van der Waals surface area (Å²) in [6.45, 7) is 6.04. The van der Waals surface area contributed by atoms with E-state index in [-0.39, 0.29) is 12.5 Å². The van der Waals surface area contributed by atoms with Crippen molar-refractivity contribution in [2.24, 2.45) is 0 Å². The van der Waals surface area contributed by atoms with Crippen LogP contribution in [0.5, 0.6) is 0 Å². The lowest BCUT2D eigenvalue weighted by atomic mass is 10.1. The molecule has 0 bridgehead atoms. The summed E-state index contributed by atoms with van der Waals surface area (Å²) >= 11 is 0. The molecule has 0 N–H and O–H groups in total. The van der Waals surface area contributed by atoms with Crippen molar-refractivity contribution in [3.63, 3.8) is 0 Å². The summed E-state index contributed by atoms with van der Waals surface area (Å²) in [5, 5.41) is 4.17. The molecule has 0 radical (unpaired) electrons. The normalized spacial score (nSPS) is 15.7. The van der Waals surface area contributed by atoms with Gasteiger partial charge in [-0.2, -0.15) is 0 Å². The SMILES string of the molecule is COCC(=O)N1CCN(Cc2cc(-c3ccc(C)cc3)no2)CC1. The van der Waals surface area contributed by atoms with Crippen LogP contribution in [-0.2, 0) is 16.1 Å². The summed E-state index contributed by atoms with van der Waals surface area (Å²) in [6.07, 6.45) is 0. The Kier molecular flexibility index (Phi) is 5.27.